The zero-order chi connectivity index (χ0) is 16.9. The van der Waals surface area contributed by atoms with Gasteiger partial charge in [-0.1, -0.05) is 6.92 Å². The summed E-state index contributed by atoms with van der Waals surface area (Å²) >= 11 is 0. The molecular weight excluding hydrogens is 316 g/mol. The molecular formula is C16H22N2O4S. The summed E-state index contributed by atoms with van der Waals surface area (Å²) in [4.78, 5) is 4.46. The maximum atomic E-state index is 12.7. The molecule has 2 aromatic rings. The number of ether oxygens (including phenoxy) is 2. The van der Waals surface area contributed by atoms with Crippen molar-refractivity contribution in [3.63, 3.8) is 0 Å². The van der Waals surface area contributed by atoms with Crippen LogP contribution in [0, 0.1) is 0 Å². The highest BCUT2D eigenvalue weighted by Crippen LogP contribution is 2.29. The average molecular weight is 338 g/mol. The van der Waals surface area contributed by atoms with E-state index in [1.54, 1.807) is 37.6 Å². The Morgan fingerprint density at radius 1 is 1.26 bits per heavy atom. The van der Waals surface area contributed by atoms with Gasteiger partial charge in [0.2, 0.25) is 10.0 Å². The van der Waals surface area contributed by atoms with Crippen molar-refractivity contribution in [2.45, 2.75) is 31.2 Å². The number of pyridine rings is 1. The molecule has 6 nitrogen and oxygen atoms in total. The van der Waals surface area contributed by atoms with Gasteiger partial charge in [-0.3, -0.25) is 4.98 Å². The highest BCUT2D eigenvalue weighted by Gasteiger charge is 2.22. The summed E-state index contributed by atoms with van der Waals surface area (Å²) in [5, 5.41) is 0.540. The van der Waals surface area contributed by atoms with Crippen LogP contribution >= 0.6 is 0 Å². The fraction of sp³-hybridized carbons (Fsp3) is 0.438. The summed E-state index contributed by atoms with van der Waals surface area (Å²) in [7, 11) is -2.13. The van der Waals surface area contributed by atoms with Crippen molar-refractivity contribution in [1.29, 1.82) is 0 Å². The van der Waals surface area contributed by atoms with Gasteiger partial charge in [0.25, 0.3) is 0 Å². The number of aromatic nitrogens is 1. The molecule has 0 saturated carbocycles. The second-order valence-electron chi connectivity index (χ2n) is 5.08. The molecule has 0 fully saturated rings. The number of hydrogen-bond acceptors (Lipinski definition) is 5. The van der Waals surface area contributed by atoms with Crippen molar-refractivity contribution in [3.05, 3.63) is 30.5 Å². The minimum absolute atomic E-state index is 0.193. The Labute approximate surface area is 136 Å². The molecule has 0 radical (unpaired) electrons. The van der Waals surface area contributed by atoms with Crippen LogP contribution in [0.4, 0.5) is 0 Å². The normalized spacial score (nSPS) is 13.2. The summed E-state index contributed by atoms with van der Waals surface area (Å²) in [5.41, 5.74) is 0.539. The Bertz CT molecular complexity index is 762. The van der Waals surface area contributed by atoms with Crippen LogP contribution in [0.15, 0.2) is 35.4 Å². The van der Waals surface area contributed by atoms with Gasteiger partial charge in [-0.25, -0.2) is 13.1 Å². The van der Waals surface area contributed by atoms with Crippen molar-refractivity contribution < 1.29 is 17.9 Å². The Balaban J connectivity index is 2.48. The van der Waals surface area contributed by atoms with E-state index in [4.69, 9.17) is 9.47 Å². The lowest BCUT2D eigenvalue weighted by Gasteiger charge is -2.17. The van der Waals surface area contributed by atoms with Crippen molar-refractivity contribution in [2.75, 3.05) is 20.3 Å². The third kappa shape index (κ3) is 3.99. The minimum Gasteiger partial charge on any atom is -0.492 e. The molecule has 1 aromatic heterocycles. The number of benzene rings is 1. The zero-order valence-corrected chi connectivity index (χ0v) is 14.4. The van der Waals surface area contributed by atoms with E-state index in [9.17, 15) is 8.42 Å². The Morgan fingerprint density at radius 3 is 2.70 bits per heavy atom. The largest absolute Gasteiger partial charge is 0.492 e. The van der Waals surface area contributed by atoms with Crippen LogP contribution in [0.1, 0.15) is 20.3 Å². The lowest BCUT2D eigenvalue weighted by atomic mass is 10.2. The molecule has 0 spiro atoms. The SMILES string of the molecule is CCOc1ccc(S(=O)(=O)NC(CC)COC)c2cccnc12. The molecule has 0 aliphatic rings. The minimum atomic E-state index is -3.68. The van der Waals surface area contributed by atoms with Crippen LogP contribution < -0.4 is 9.46 Å². The monoisotopic (exact) mass is 338 g/mol. The standard InChI is InChI=1S/C16H22N2O4S/c1-4-12(11-21-3)18-23(19,20)15-9-8-14(22-5-2)16-13(15)7-6-10-17-16/h6-10,12,18H,4-5,11H2,1-3H3. The molecule has 1 N–H and O–H groups in total. The molecule has 23 heavy (non-hydrogen) atoms. The summed E-state index contributed by atoms with van der Waals surface area (Å²) in [6.07, 6.45) is 2.26. The number of hydrogen-bond donors (Lipinski definition) is 1. The third-order valence-corrected chi connectivity index (χ3v) is 5.04. The predicted octanol–water partition coefficient (Wildman–Crippen LogP) is 2.34. The van der Waals surface area contributed by atoms with Gasteiger partial charge in [-0.15, -0.1) is 0 Å². The average Bonchev–Trinajstić information content (AvgIpc) is 2.54. The zero-order valence-electron chi connectivity index (χ0n) is 13.6. The molecule has 1 aromatic carbocycles. The molecule has 0 amide bonds. The Morgan fingerprint density at radius 2 is 2.04 bits per heavy atom. The number of methoxy groups -OCH3 is 1. The van der Waals surface area contributed by atoms with E-state index in [0.717, 1.165) is 0 Å². The van der Waals surface area contributed by atoms with Crippen molar-refractivity contribution in [2.24, 2.45) is 0 Å². The molecule has 1 unspecified atom stereocenters. The van der Waals surface area contributed by atoms with Crippen molar-refractivity contribution in [3.8, 4) is 5.75 Å². The number of nitrogens with zero attached hydrogens (tertiary/aromatic N) is 1. The van der Waals surface area contributed by atoms with Crippen LogP contribution in [-0.2, 0) is 14.8 Å². The van der Waals surface area contributed by atoms with Gasteiger partial charge in [0.05, 0.1) is 18.1 Å². The van der Waals surface area contributed by atoms with Gasteiger partial charge in [0.15, 0.2) is 0 Å². The molecule has 1 atom stereocenters. The number of nitrogens with one attached hydrogen (secondary N) is 1. The topological polar surface area (TPSA) is 77.5 Å². The first-order valence-corrected chi connectivity index (χ1v) is 9.03. The molecule has 126 valence electrons. The van der Waals surface area contributed by atoms with Crippen molar-refractivity contribution >= 4 is 20.9 Å². The fourth-order valence-corrected chi connectivity index (χ4v) is 3.85. The van der Waals surface area contributed by atoms with Crippen molar-refractivity contribution in [1.82, 2.24) is 9.71 Å². The maximum absolute atomic E-state index is 12.7. The van der Waals surface area contributed by atoms with Gasteiger partial charge < -0.3 is 9.47 Å². The maximum Gasteiger partial charge on any atom is 0.241 e. The molecule has 7 heteroatoms. The van der Waals surface area contributed by atoms with Crippen LogP contribution in [0.2, 0.25) is 0 Å². The van der Waals surface area contributed by atoms with Crippen LogP contribution in [0.25, 0.3) is 10.9 Å². The fourth-order valence-electron chi connectivity index (χ4n) is 2.35. The van der Waals surface area contributed by atoms with Crippen LogP contribution in [0.5, 0.6) is 5.75 Å². The van der Waals surface area contributed by atoms with Gasteiger partial charge in [0, 0.05) is 24.7 Å². The van der Waals surface area contributed by atoms with Gasteiger partial charge >= 0.3 is 0 Å². The third-order valence-electron chi connectivity index (χ3n) is 3.46. The molecule has 2 rings (SSSR count). The second kappa shape index (κ2) is 7.72. The van der Waals surface area contributed by atoms with E-state index in [1.807, 2.05) is 13.8 Å². The highest BCUT2D eigenvalue weighted by molar-refractivity contribution is 7.89. The number of sulfonamides is 1. The van der Waals surface area contributed by atoms with E-state index >= 15 is 0 Å². The van der Waals surface area contributed by atoms with E-state index < -0.39 is 10.0 Å². The summed E-state index contributed by atoms with van der Waals surface area (Å²) in [6.45, 7) is 4.59. The Hall–Kier alpha value is -1.70. The van der Waals surface area contributed by atoms with Gasteiger partial charge in [0.1, 0.15) is 11.3 Å². The molecule has 1 heterocycles. The number of rotatable bonds is 8. The van der Waals surface area contributed by atoms with E-state index in [0.29, 0.717) is 36.3 Å². The first-order valence-electron chi connectivity index (χ1n) is 7.55. The Kier molecular flexibility index (Phi) is 5.92. The molecule has 0 bridgehead atoms. The predicted molar refractivity (Wildman–Crippen MR) is 89.2 cm³/mol. The lowest BCUT2D eigenvalue weighted by molar-refractivity contribution is 0.173. The molecule has 0 aliphatic carbocycles. The molecule has 0 saturated heterocycles. The highest BCUT2D eigenvalue weighted by atomic mass is 32.2. The van der Waals surface area contributed by atoms with E-state index in [-0.39, 0.29) is 10.9 Å². The van der Waals surface area contributed by atoms with Gasteiger partial charge in [-0.05, 0) is 37.6 Å². The lowest BCUT2D eigenvalue weighted by Crippen LogP contribution is -2.37. The quantitative estimate of drug-likeness (QED) is 0.799. The smallest absolute Gasteiger partial charge is 0.241 e. The van der Waals surface area contributed by atoms with Crippen LogP contribution in [0.3, 0.4) is 0 Å². The first kappa shape index (κ1) is 17.7. The number of fused-ring (bicyclic) bond motifs is 1. The summed E-state index contributed by atoms with van der Waals surface area (Å²) in [6, 6.07) is 6.37. The van der Waals surface area contributed by atoms with Gasteiger partial charge in [-0.2, -0.15) is 0 Å². The van der Waals surface area contributed by atoms with Crippen LogP contribution in [-0.4, -0.2) is 39.8 Å². The van der Waals surface area contributed by atoms with E-state index in [2.05, 4.69) is 9.71 Å². The summed E-state index contributed by atoms with van der Waals surface area (Å²) < 4.78 is 38.7. The van der Waals surface area contributed by atoms with E-state index in [1.165, 1.54) is 0 Å². The second-order valence-corrected chi connectivity index (χ2v) is 6.76. The first-order chi connectivity index (χ1) is 11.0. The summed E-state index contributed by atoms with van der Waals surface area (Å²) in [5.74, 6) is 0.575. The molecule has 0 aliphatic heterocycles.